The fourth-order valence-corrected chi connectivity index (χ4v) is 5.44. The van der Waals surface area contributed by atoms with Crippen LogP contribution in [0.5, 0.6) is 0 Å². The standard InChI is InChI=1S/C26H26N4O5/c1-35-15-22(32)30-23-19(20(14-31)24(30)25(33)28-17-7-3-2-4-8-17)13-29-21(23)10-9-18(26(29)34)16-6-5-11-27-12-16/h2-12,19-20,23-24,31H,13-15H2,1H3,(H,28,33)/t19-,20-,23+,24-/m0/s1. The normalized spacial score (nSPS) is 22.5. The minimum atomic E-state index is -0.903. The number of amides is 2. The third-order valence-electron chi connectivity index (χ3n) is 6.91. The number of aliphatic hydroxyl groups excluding tert-OH is 1. The lowest BCUT2D eigenvalue weighted by Gasteiger charge is -2.30. The Morgan fingerprint density at radius 2 is 1.94 bits per heavy atom. The van der Waals surface area contributed by atoms with Gasteiger partial charge in [-0.25, -0.2) is 0 Å². The van der Waals surface area contributed by atoms with E-state index in [1.165, 1.54) is 12.0 Å². The van der Waals surface area contributed by atoms with Crippen LogP contribution in [0.15, 0.2) is 71.8 Å². The lowest BCUT2D eigenvalue weighted by molar-refractivity contribution is -0.143. The second-order valence-corrected chi connectivity index (χ2v) is 8.82. The first-order chi connectivity index (χ1) is 17.0. The van der Waals surface area contributed by atoms with Crippen molar-refractivity contribution in [2.45, 2.75) is 18.6 Å². The smallest absolute Gasteiger partial charge is 0.258 e. The number of carbonyl (C=O) groups is 2. The summed E-state index contributed by atoms with van der Waals surface area (Å²) in [4.78, 5) is 45.7. The summed E-state index contributed by atoms with van der Waals surface area (Å²) in [6, 6.07) is 14.7. The Balaban J connectivity index is 1.56. The van der Waals surface area contributed by atoms with Crippen molar-refractivity contribution in [3.05, 3.63) is 83.0 Å². The van der Waals surface area contributed by atoms with Crippen molar-refractivity contribution in [3.8, 4) is 11.1 Å². The van der Waals surface area contributed by atoms with Gasteiger partial charge in [-0.3, -0.25) is 19.4 Å². The third kappa shape index (κ3) is 3.92. The van der Waals surface area contributed by atoms with Crippen molar-refractivity contribution in [2.75, 3.05) is 25.6 Å². The first-order valence-corrected chi connectivity index (χ1v) is 11.5. The maximum atomic E-state index is 13.4. The molecule has 4 atom stereocenters. The average molecular weight is 475 g/mol. The highest BCUT2D eigenvalue weighted by molar-refractivity contribution is 5.98. The number of hydrogen-bond acceptors (Lipinski definition) is 6. The Bertz CT molecular complexity index is 1290. The van der Waals surface area contributed by atoms with Crippen molar-refractivity contribution in [1.82, 2.24) is 14.5 Å². The predicted octanol–water partition coefficient (Wildman–Crippen LogP) is 1.69. The molecule has 2 N–H and O–H groups in total. The SMILES string of the molecule is COCC(=O)N1[C@H](C(=O)Nc2ccccc2)[C@@H](CO)[C@@H]2Cn3c(ccc(-c4cccnc4)c3=O)[C@@H]21. The third-order valence-corrected chi connectivity index (χ3v) is 6.91. The molecular formula is C26H26N4O5. The molecule has 1 saturated heterocycles. The van der Waals surface area contributed by atoms with Crippen LogP contribution in [0.1, 0.15) is 11.7 Å². The summed E-state index contributed by atoms with van der Waals surface area (Å²) in [6.45, 7) is -0.221. The fourth-order valence-electron chi connectivity index (χ4n) is 5.44. The van der Waals surface area contributed by atoms with Crippen LogP contribution in [0.4, 0.5) is 5.69 Å². The lowest BCUT2D eigenvalue weighted by Crippen LogP contribution is -2.49. The molecule has 0 bridgehead atoms. The first-order valence-electron chi connectivity index (χ1n) is 11.5. The number of aromatic nitrogens is 2. The number of aliphatic hydroxyl groups is 1. The van der Waals surface area contributed by atoms with Crippen LogP contribution in [0, 0.1) is 11.8 Å². The van der Waals surface area contributed by atoms with Gasteiger partial charge in [0.15, 0.2) is 0 Å². The molecule has 1 fully saturated rings. The largest absolute Gasteiger partial charge is 0.396 e. The van der Waals surface area contributed by atoms with Crippen molar-refractivity contribution in [1.29, 1.82) is 0 Å². The van der Waals surface area contributed by atoms with Crippen LogP contribution in [0.3, 0.4) is 0 Å². The zero-order valence-electron chi connectivity index (χ0n) is 19.2. The van der Waals surface area contributed by atoms with Crippen molar-refractivity contribution < 1.29 is 19.4 Å². The van der Waals surface area contributed by atoms with Gasteiger partial charge in [-0.05, 0) is 30.3 Å². The molecule has 1 aromatic carbocycles. The Kier molecular flexibility index (Phi) is 6.19. The molecular weight excluding hydrogens is 448 g/mol. The maximum Gasteiger partial charge on any atom is 0.258 e. The zero-order chi connectivity index (χ0) is 24.5. The number of carbonyl (C=O) groups excluding carboxylic acids is 2. The summed E-state index contributed by atoms with van der Waals surface area (Å²) in [7, 11) is 1.42. The van der Waals surface area contributed by atoms with Gasteiger partial charge in [0.2, 0.25) is 11.8 Å². The zero-order valence-corrected chi connectivity index (χ0v) is 19.2. The number of nitrogens with zero attached hydrogens (tertiary/aromatic N) is 3. The van der Waals surface area contributed by atoms with Crippen LogP contribution >= 0.6 is 0 Å². The molecule has 5 rings (SSSR count). The number of benzene rings is 1. The van der Waals surface area contributed by atoms with Gasteiger partial charge in [-0.1, -0.05) is 24.3 Å². The molecule has 2 amide bonds. The summed E-state index contributed by atoms with van der Waals surface area (Å²) in [6.07, 6.45) is 3.28. The van der Waals surface area contributed by atoms with Gasteiger partial charge in [0.1, 0.15) is 12.6 Å². The van der Waals surface area contributed by atoms with Gasteiger partial charge >= 0.3 is 0 Å². The van der Waals surface area contributed by atoms with Crippen molar-refractivity contribution >= 4 is 17.5 Å². The minimum Gasteiger partial charge on any atom is -0.396 e. The summed E-state index contributed by atoms with van der Waals surface area (Å²) >= 11 is 0. The Morgan fingerprint density at radius 1 is 1.14 bits per heavy atom. The minimum absolute atomic E-state index is 0.189. The first kappa shape index (κ1) is 22.9. The highest BCUT2D eigenvalue weighted by atomic mass is 16.5. The molecule has 2 aliphatic rings. The van der Waals surface area contributed by atoms with E-state index in [1.54, 1.807) is 53.4 Å². The van der Waals surface area contributed by atoms with Crippen LogP contribution in [-0.2, 0) is 20.9 Å². The molecule has 9 heteroatoms. The van der Waals surface area contributed by atoms with Crippen LogP contribution < -0.4 is 10.9 Å². The number of hydrogen-bond donors (Lipinski definition) is 2. The highest BCUT2D eigenvalue weighted by Gasteiger charge is 2.57. The number of ether oxygens (including phenoxy) is 1. The second kappa shape index (κ2) is 9.44. The quantitative estimate of drug-likeness (QED) is 0.562. The summed E-state index contributed by atoms with van der Waals surface area (Å²) in [5.74, 6) is -1.60. The van der Waals surface area contributed by atoms with Crippen LogP contribution in [0.2, 0.25) is 0 Å². The molecule has 2 aliphatic heterocycles. The molecule has 0 radical (unpaired) electrons. The van der Waals surface area contributed by atoms with Gasteiger partial charge in [-0.2, -0.15) is 0 Å². The van der Waals surface area contributed by atoms with E-state index >= 15 is 0 Å². The summed E-state index contributed by atoms with van der Waals surface area (Å²) < 4.78 is 6.76. The fraction of sp³-hybridized carbons (Fsp3) is 0.308. The van der Waals surface area contributed by atoms with E-state index in [-0.39, 0.29) is 36.5 Å². The van der Waals surface area contributed by atoms with Gasteiger partial charge in [-0.15, -0.1) is 0 Å². The van der Waals surface area contributed by atoms with E-state index in [1.807, 2.05) is 18.2 Å². The number of rotatable bonds is 6. The molecule has 35 heavy (non-hydrogen) atoms. The van der Waals surface area contributed by atoms with Gasteiger partial charge in [0, 0.05) is 67.0 Å². The number of anilines is 1. The average Bonchev–Trinajstić information content (AvgIpc) is 3.40. The van der Waals surface area contributed by atoms with E-state index in [0.717, 1.165) is 0 Å². The molecule has 180 valence electrons. The molecule has 3 aromatic rings. The summed E-state index contributed by atoms with van der Waals surface area (Å²) in [5.41, 5.74) is 2.27. The maximum absolute atomic E-state index is 13.4. The topological polar surface area (TPSA) is 114 Å². The summed E-state index contributed by atoms with van der Waals surface area (Å²) in [5, 5.41) is 13.2. The Hall–Kier alpha value is -3.82. The van der Waals surface area contributed by atoms with Crippen LogP contribution in [-0.4, -0.2) is 57.7 Å². The molecule has 0 saturated carbocycles. The van der Waals surface area contributed by atoms with Crippen molar-refractivity contribution in [2.24, 2.45) is 11.8 Å². The number of methoxy groups -OCH3 is 1. The molecule has 9 nitrogen and oxygen atoms in total. The van der Waals surface area contributed by atoms with Crippen LogP contribution in [0.25, 0.3) is 11.1 Å². The molecule has 0 aliphatic carbocycles. The van der Waals surface area contributed by atoms with E-state index in [2.05, 4.69) is 10.3 Å². The molecule has 0 unspecified atom stereocenters. The van der Waals surface area contributed by atoms with E-state index in [0.29, 0.717) is 29.1 Å². The van der Waals surface area contributed by atoms with Gasteiger partial charge < -0.3 is 24.6 Å². The van der Waals surface area contributed by atoms with Crippen molar-refractivity contribution in [3.63, 3.8) is 0 Å². The predicted molar refractivity (Wildman–Crippen MR) is 128 cm³/mol. The highest BCUT2D eigenvalue weighted by Crippen LogP contribution is 2.49. The van der Waals surface area contributed by atoms with E-state index < -0.39 is 18.0 Å². The number of fused-ring (bicyclic) bond motifs is 3. The van der Waals surface area contributed by atoms with Gasteiger partial charge in [0.05, 0.1) is 6.04 Å². The monoisotopic (exact) mass is 474 g/mol. The number of para-hydroxylation sites is 1. The number of pyridine rings is 2. The van der Waals surface area contributed by atoms with E-state index in [9.17, 15) is 19.5 Å². The van der Waals surface area contributed by atoms with E-state index in [4.69, 9.17) is 4.74 Å². The van der Waals surface area contributed by atoms with Gasteiger partial charge in [0.25, 0.3) is 5.56 Å². The Labute approximate surface area is 202 Å². The number of likely N-dealkylation sites (tertiary alicyclic amines) is 1. The Morgan fingerprint density at radius 3 is 2.63 bits per heavy atom. The number of nitrogens with one attached hydrogen (secondary N) is 1. The lowest BCUT2D eigenvalue weighted by atomic mass is 9.88. The second-order valence-electron chi connectivity index (χ2n) is 8.82. The molecule has 2 aromatic heterocycles. The molecule has 4 heterocycles. The molecule has 0 spiro atoms.